The normalized spacial score (nSPS) is 12.8. The Balaban J connectivity index is 2.44. The molecular weight excluding hydrogens is 244 g/mol. The minimum absolute atomic E-state index is 0.351. The highest BCUT2D eigenvalue weighted by atomic mass is 15.0. The first-order chi connectivity index (χ1) is 9.77. The van der Waals surface area contributed by atoms with Gasteiger partial charge in [-0.25, -0.2) is 0 Å². The molecule has 0 aromatic carbocycles. The lowest BCUT2D eigenvalue weighted by Gasteiger charge is -2.23. The predicted molar refractivity (Wildman–Crippen MR) is 87.9 cm³/mol. The Morgan fingerprint density at radius 3 is 2.15 bits per heavy atom. The second kappa shape index (κ2) is 10.8. The number of nitrogens with one attached hydrogen (secondary N) is 1. The van der Waals surface area contributed by atoms with Crippen LogP contribution >= 0.6 is 0 Å². The van der Waals surface area contributed by atoms with E-state index in [1.807, 2.05) is 12.3 Å². The van der Waals surface area contributed by atoms with E-state index in [-0.39, 0.29) is 0 Å². The quantitative estimate of drug-likeness (QED) is 0.557. The Morgan fingerprint density at radius 2 is 1.65 bits per heavy atom. The number of pyridine rings is 1. The van der Waals surface area contributed by atoms with Gasteiger partial charge in [0, 0.05) is 18.3 Å². The molecule has 0 amide bonds. The number of hydrogen-bond donors (Lipinski definition) is 1. The predicted octanol–water partition coefficient (Wildman–Crippen LogP) is 5.26. The van der Waals surface area contributed by atoms with Crippen LogP contribution in [-0.4, -0.2) is 11.0 Å². The average molecular weight is 276 g/mol. The highest BCUT2D eigenvalue weighted by molar-refractivity contribution is 5.07. The highest BCUT2D eigenvalue weighted by Crippen LogP contribution is 2.16. The average Bonchev–Trinajstić information content (AvgIpc) is 2.48. The van der Waals surface area contributed by atoms with Crippen molar-refractivity contribution in [3.8, 4) is 0 Å². The Labute approximate surface area is 125 Å². The van der Waals surface area contributed by atoms with Crippen molar-refractivity contribution in [2.45, 2.75) is 84.2 Å². The largest absolute Gasteiger partial charge is 0.306 e. The van der Waals surface area contributed by atoms with Gasteiger partial charge in [-0.05, 0) is 31.9 Å². The number of unbranched alkanes of at least 4 members (excludes halogenated alkanes) is 4. The summed E-state index contributed by atoms with van der Waals surface area (Å²) in [5.74, 6) is 0. The van der Waals surface area contributed by atoms with Gasteiger partial charge in [-0.2, -0.15) is 0 Å². The molecule has 1 rings (SSSR count). The van der Waals surface area contributed by atoms with Crippen LogP contribution in [0, 0.1) is 0 Å². The molecule has 0 saturated carbocycles. The van der Waals surface area contributed by atoms with Crippen molar-refractivity contribution in [2.75, 3.05) is 0 Å². The summed E-state index contributed by atoms with van der Waals surface area (Å²) in [5.41, 5.74) is 1.16. The van der Waals surface area contributed by atoms with Gasteiger partial charge in [-0.3, -0.25) is 4.98 Å². The van der Waals surface area contributed by atoms with E-state index < -0.39 is 0 Å². The van der Waals surface area contributed by atoms with Crippen molar-refractivity contribution in [1.82, 2.24) is 10.3 Å². The Hall–Kier alpha value is -0.890. The molecule has 1 heterocycles. The fourth-order valence-electron chi connectivity index (χ4n) is 2.66. The monoisotopic (exact) mass is 276 g/mol. The molecule has 1 atom stereocenters. The van der Waals surface area contributed by atoms with Gasteiger partial charge in [-0.1, -0.05) is 58.4 Å². The maximum atomic E-state index is 4.46. The van der Waals surface area contributed by atoms with Crippen LogP contribution in [0.1, 0.15) is 83.9 Å². The van der Waals surface area contributed by atoms with Crippen LogP contribution < -0.4 is 5.32 Å². The number of aromatic nitrogens is 1. The van der Waals surface area contributed by atoms with E-state index in [4.69, 9.17) is 0 Å². The van der Waals surface area contributed by atoms with E-state index in [1.54, 1.807) is 0 Å². The van der Waals surface area contributed by atoms with Crippen molar-refractivity contribution < 1.29 is 0 Å². The molecule has 2 heteroatoms. The zero-order valence-corrected chi connectivity index (χ0v) is 13.6. The first-order valence-electron chi connectivity index (χ1n) is 8.44. The summed E-state index contributed by atoms with van der Waals surface area (Å²) in [6.45, 7) is 6.78. The minimum Gasteiger partial charge on any atom is -0.306 e. The number of rotatable bonds is 11. The molecule has 0 spiro atoms. The van der Waals surface area contributed by atoms with Gasteiger partial charge in [0.05, 0.1) is 5.69 Å². The molecule has 0 saturated heterocycles. The third kappa shape index (κ3) is 7.04. The minimum atomic E-state index is 0.351. The molecular formula is C18H32N2. The lowest BCUT2D eigenvalue weighted by molar-refractivity contribution is 0.381. The van der Waals surface area contributed by atoms with E-state index in [2.05, 4.69) is 43.2 Å². The summed E-state index contributed by atoms with van der Waals surface area (Å²) in [4.78, 5) is 4.46. The molecule has 2 nitrogen and oxygen atoms in total. The zero-order chi connectivity index (χ0) is 14.6. The molecule has 0 aliphatic carbocycles. The summed E-state index contributed by atoms with van der Waals surface area (Å²) in [5, 5.41) is 3.79. The summed E-state index contributed by atoms with van der Waals surface area (Å²) < 4.78 is 0. The van der Waals surface area contributed by atoms with Gasteiger partial charge in [0.15, 0.2) is 0 Å². The van der Waals surface area contributed by atoms with E-state index >= 15 is 0 Å². The van der Waals surface area contributed by atoms with Crippen molar-refractivity contribution in [2.24, 2.45) is 0 Å². The van der Waals surface area contributed by atoms with Crippen LogP contribution in [0.15, 0.2) is 24.4 Å². The van der Waals surface area contributed by atoms with E-state index in [0.29, 0.717) is 12.1 Å². The molecule has 1 unspecified atom stereocenters. The van der Waals surface area contributed by atoms with Crippen LogP contribution in [0.3, 0.4) is 0 Å². The highest BCUT2D eigenvalue weighted by Gasteiger charge is 2.13. The SMILES string of the molecule is CCCCCC(CCCCC)NC(C)c1ccccn1. The standard InChI is InChI=1S/C18H32N2/c1-4-6-8-12-17(13-9-7-5-2)20-16(3)18-14-10-11-15-19-18/h10-11,14-17,20H,4-9,12-13H2,1-3H3. The topological polar surface area (TPSA) is 24.9 Å². The van der Waals surface area contributed by atoms with E-state index in [1.165, 1.54) is 51.4 Å². The number of hydrogen-bond acceptors (Lipinski definition) is 2. The van der Waals surface area contributed by atoms with Crippen LogP contribution in [0.2, 0.25) is 0 Å². The first-order valence-corrected chi connectivity index (χ1v) is 8.44. The molecule has 1 aromatic heterocycles. The lowest BCUT2D eigenvalue weighted by atomic mass is 10.0. The van der Waals surface area contributed by atoms with Gasteiger partial charge in [-0.15, -0.1) is 0 Å². The third-order valence-electron chi connectivity index (χ3n) is 3.93. The Bertz CT molecular complexity index is 313. The molecule has 0 bridgehead atoms. The van der Waals surface area contributed by atoms with Crippen LogP contribution in [0.4, 0.5) is 0 Å². The van der Waals surface area contributed by atoms with Crippen LogP contribution in [0.5, 0.6) is 0 Å². The first kappa shape index (κ1) is 17.2. The molecule has 0 aliphatic heterocycles. The van der Waals surface area contributed by atoms with E-state index in [0.717, 1.165) is 5.69 Å². The Kier molecular flexibility index (Phi) is 9.31. The van der Waals surface area contributed by atoms with Gasteiger partial charge in [0.25, 0.3) is 0 Å². The Morgan fingerprint density at radius 1 is 1.00 bits per heavy atom. The fraction of sp³-hybridized carbons (Fsp3) is 0.722. The smallest absolute Gasteiger partial charge is 0.0570 e. The van der Waals surface area contributed by atoms with Crippen molar-refractivity contribution in [3.63, 3.8) is 0 Å². The molecule has 20 heavy (non-hydrogen) atoms. The van der Waals surface area contributed by atoms with Gasteiger partial charge >= 0.3 is 0 Å². The maximum Gasteiger partial charge on any atom is 0.0570 e. The lowest BCUT2D eigenvalue weighted by Crippen LogP contribution is -2.32. The summed E-state index contributed by atoms with van der Waals surface area (Å²) in [7, 11) is 0. The summed E-state index contributed by atoms with van der Waals surface area (Å²) in [6.07, 6.45) is 12.5. The molecule has 0 aliphatic rings. The van der Waals surface area contributed by atoms with Crippen molar-refractivity contribution in [1.29, 1.82) is 0 Å². The molecule has 0 fully saturated rings. The van der Waals surface area contributed by atoms with Gasteiger partial charge < -0.3 is 5.32 Å². The third-order valence-corrected chi connectivity index (χ3v) is 3.93. The summed E-state index contributed by atoms with van der Waals surface area (Å²) in [6, 6.07) is 7.17. The van der Waals surface area contributed by atoms with Gasteiger partial charge in [0.2, 0.25) is 0 Å². The molecule has 0 radical (unpaired) electrons. The molecule has 1 N–H and O–H groups in total. The summed E-state index contributed by atoms with van der Waals surface area (Å²) >= 11 is 0. The second-order valence-electron chi connectivity index (χ2n) is 5.83. The van der Waals surface area contributed by atoms with Crippen LogP contribution in [-0.2, 0) is 0 Å². The maximum absolute atomic E-state index is 4.46. The molecule has 114 valence electrons. The van der Waals surface area contributed by atoms with Gasteiger partial charge in [0.1, 0.15) is 0 Å². The van der Waals surface area contributed by atoms with Crippen LogP contribution in [0.25, 0.3) is 0 Å². The fourth-order valence-corrected chi connectivity index (χ4v) is 2.66. The van der Waals surface area contributed by atoms with Crippen molar-refractivity contribution >= 4 is 0 Å². The van der Waals surface area contributed by atoms with Crippen molar-refractivity contribution in [3.05, 3.63) is 30.1 Å². The second-order valence-corrected chi connectivity index (χ2v) is 5.83. The zero-order valence-electron chi connectivity index (χ0n) is 13.6. The molecule has 1 aromatic rings. The number of nitrogens with zero attached hydrogens (tertiary/aromatic N) is 1. The van der Waals surface area contributed by atoms with E-state index in [9.17, 15) is 0 Å².